The van der Waals surface area contributed by atoms with Crippen LogP contribution in [0.2, 0.25) is 0 Å². The molecule has 0 spiro atoms. The average Bonchev–Trinajstić information content (AvgIpc) is 2.87. The van der Waals surface area contributed by atoms with Gasteiger partial charge in [-0.05, 0) is 24.3 Å². The van der Waals surface area contributed by atoms with Gasteiger partial charge in [0, 0.05) is 0 Å². The summed E-state index contributed by atoms with van der Waals surface area (Å²) in [6, 6.07) is 1.74. The fraction of sp³-hybridized carbons (Fsp3) is 0.571. The molecule has 20 heavy (non-hydrogen) atoms. The SMILES string of the molecule is COc1ccsc1C(=O)NC1(CC(=O)O)CCCCC1. The van der Waals surface area contributed by atoms with Gasteiger partial charge in [-0.2, -0.15) is 0 Å². The van der Waals surface area contributed by atoms with Crippen molar-refractivity contribution in [2.75, 3.05) is 7.11 Å². The lowest BCUT2D eigenvalue weighted by Gasteiger charge is -2.36. The molecule has 1 aliphatic rings. The maximum Gasteiger partial charge on any atom is 0.305 e. The molecule has 1 fully saturated rings. The standard InChI is InChI=1S/C14H19NO4S/c1-19-10-5-8-20-12(10)13(18)15-14(9-11(16)17)6-3-2-4-7-14/h5,8H,2-4,6-7,9H2,1H3,(H,15,18)(H,16,17). The first-order valence-corrected chi connectivity index (χ1v) is 7.60. The second-order valence-corrected chi connectivity index (χ2v) is 6.10. The van der Waals surface area contributed by atoms with Crippen molar-refractivity contribution in [2.45, 2.75) is 44.1 Å². The van der Waals surface area contributed by atoms with E-state index in [-0.39, 0.29) is 12.3 Å². The third-order valence-corrected chi connectivity index (χ3v) is 4.63. The van der Waals surface area contributed by atoms with Crippen molar-refractivity contribution in [1.29, 1.82) is 0 Å². The fourth-order valence-corrected chi connectivity index (χ4v) is 3.54. The number of aliphatic carboxylic acids is 1. The van der Waals surface area contributed by atoms with Crippen molar-refractivity contribution in [3.8, 4) is 5.75 Å². The number of methoxy groups -OCH3 is 1. The number of nitrogens with one attached hydrogen (secondary N) is 1. The lowest BCUT2D eigenvalue weighted by Crippen LogP contribution is -2.51. The summed E-state index contributed by atoms with van der Waals surface area (Å²) in [5.74, 6) is -0.570. The number of hydrogen-bond donors (Lipinski definition) is 2. The van der Waals surface area contributed by atoms with E-state index in [2.05, 4.69) is 5.32 Å². The van der Waals surface area contributed by atoms with Gasteiger partial charge in [0.1, 0.15) is 10.6 Å². The van der Waals surface area contributed by atoms with E-state index in [0.29, 0.717) is 10.6 Å². The van der Waals surface area contributed by atoms with Gasteiger partial charge in [0.15, 0.2) is 0 Å². The summed E-state index contributed by atoms with van der Waals surface area (Å²) >= 11 is 1.30. The highest BCUT2D eigenvalue weighted by Crippen LogP contribution is 2.33. The Bertz CT molecular complexity index is 491. The molecule has 0 atom stereocenters. The second-order valence-electron chi connectivity index (χ2n) is 5.18. The molecule has 0 aliphatic heterocycles. The maximum absolute atomic E-state index is 12.4. The van der Waals surface area contributed by atoms with Crippen LogP contribution in [0.25, 0.3) is 0 Å². The molecule has 0 saturated heterocycles. The van der Waals surface area contributed by atoms with E-state index < -0.39 is 11.5 Å². The Morgan fingerprint density at radius 2 is 2.10 bits per heavy atom. The van der Waals surface area contributed by atoms with Crippen LogP contribution in [-0.2, 0) is 4.79 Å². The maximum atomic E-state index is 12.4. The van der Waals surface area contributed by atoms with Crippen LogP contribution >= 0.6 is 11.3 Å². The molecule has 1 aromatic heterocycles. The first kappa shape index (κ1) is 14.8. The summed E-state index contributed by atoms with van der Waals surface area (Å²) in [5.41, 5.74) is -0.615. The molecule has 0 radical (unpaired) electrons. The highest BCUT2D eigenvalue weighted by molar-refractivity contribution is 7.12. The molecule has 1 amide bonds. The number of amides is 1. The lowest BCUT2D eigenvalue weighted by atomic mass is 9.79. The molecule has 5 nitrogen and oxygen atoms in total. The zero-order chi connectivity index (χ0) is 14.6. The summed E-state index contributed by atoms with van der Waals surface area (Å²) in [6.07, 6.45) is 4.42. The van der Waals surface area contributed by atoms with E-state index >= 15 is 0 Å². The predicted octanol–water partition coefficient (Wildman–Crippen LogP) is 2.66. The normalized spacial score (nSPS) is 17.4. The molecule has 1 saturated carbocycles. The quantitative estimate of drug-likeness (QED) is 0.876. The monoisotopic (exact) mass is 297 g/mol. The topological polar surface area (TPSA) is 75.6 Å². The molecular weight excluding hydrogens is 278 g/mol. The number of thiophene rings is 1. The highest BCUT2D eigenvalue weighted by Gasteiger charge is 2.36. The third-order valence-electron chi connectivity index (χ3n) is 3.73. The first-order valence-electron chi connectivity index (χ1n) is 6.72. The third kappa shape index (κ3) is 3.30. The molecule has 2 N–H and O–H groups in total. The minimum Gasteiger partial charge on any atom is -0.495 e. The van der Waals surface area contributed by atoms with Crippen LogP contribution < -0.4 is 10.1 Å². The van der Waals surface area contributed by atoms with Crippen LogP contribution in [0.4, 0.5) is 0 Å². The Hall–Kier alpha value is -1.56. The zero-order valence-corrected chi connectivity index (χ0v) is 12.3. The largest absolute Gasteiger partial charge is 0.495 e. The van der Waals surface area contributed by atoms with Crippen LogP contribution in [0.1, 0.15) is 48.2 Å². The highest BCUT2D eigenvalue weighted by atomic mass is 32.1. The Morgan fingerprint density at radius 1 is 1.40 bits per heavy atom. The smallest absolute Gasteiger partial charge is 0.305 e. The van der Waals surface area contributed by atoms with Crippen molar-refractivity contribution in [2.24, 2.45) is 0 Å². The summed E-state index contributed by atoms with van der Waals surface area (Å²) in [4.78, 5) is 24.0. The number of carbonyl (C=O) groups excluding carboxylic acids is 1. The number of ether oxygens (including phenoxy) is 1. The Balaban J connectivity index is 2.15. The molecule has 110 valence electrons. The van der Waals surface area contributed by atoms with Gasteiger partial charge in [-0.15, -0.1) is 11.3 Å². The van der Waals surface area contributed by atoms with Gasteiger partial charge in [-0.25, -0.2) is 0 Å². The number of carbonyl (C=O) groups is 2. The van der Waals surface area contributed by atoms with Gasteiger partial charge in [-0.1, -0.05) is 19.3 Å². The average molecular weight is 297 g/mol. The van der Waals surface area contributed by atoms with Crippen LogP contribution in [0.3, 0.4) is 0 Å². The minimum atomic E-state index is -0.870. The zero-order valence-electron chi connectivity index (χ0n) is 11.5. The van der Waals surface area contributed by atoms with Crippen molar-refractivity contribution in [3.05, 3.63) is 16.3 Å². The van der Waals surface area contributed by atoms with Gasteiger partial charge in [0.25, 0.3) is 5.91 Å². The predicted molar refractivity (Wildman–Crippen MR) is 76.4 cm³/mol. The molecule has 0 aromatic carbocycles. The number of hydrogen-bond acceptors (Lipinski definition) is 4. The number of carboxylic acids is 1. The van der Waals surface area contributed by atoms with Crippen LogP contribution in [0.15, 0.2) is 11.4 Å². The summed E-state index contributed by atoms with van der Waals surface area (Å²) in [5, 5.41) is 13.8. The molecule has 1 heterocycles. The first-order chi connectivity index (χ1) is 9.56. The van der Waals surface area contributed by atoms with Gasteiger partial charge in [-0.3, -0.25) is 9.59 Å². The van der Waals surface area contributed by atoms with Crippen molar-refractivity contribution in [3.63, 3.8) is 0 Å². The van der Waals surface area contributed by atoms with Gasteiger partial charge in [0.05, 0.1) is 19.1 Å². The van der Waals surface area contributed by atoms with Gasteiger partial charge in [0.2, 0.25) is 0 Å². The van der Waals surface area contributed by atoms with Gasteiger partial charge < -0.3 is 15.2 Å². The molecule has 0 unspecified atom stereocenters. The van der Waals surface area contributed by atoms with Gasteiger partial charge >= 0.3 is 5.97 Å². The molecule has 2 rings (SSSR count). The van der Waals surface area contributed by atoms with Crippen molar-refractivity contribution >= 4 is 23.2 Å². The van der Waals surface area contributed by atoms with E-state index in [1.165, 1.54) is 18.4 Å². The summed E-state index contributed by atoms with van der Waals surface area (Å²) in [6.45, 7) is 0. The Morgan fingerprint density at radius 3 is 2.70 bits per heavy atom. The lowest BCUT2D eigenvalue weighted by molar-refractivity contribution is -0.139. The second kappa shape index (κ2) is 6.26. The molecule has 6 heteroatoms. The summed E-state index contributed by atoms with van der Waals surface area (Å²) < 4.78 is 5.14. The molecule has 1 aliphatic carbocycles. The summed E-state index contributed by atoms with van der Waals surface area (Å²) in [7, 11) is 1.52. The van der Waals surface area contributed by atoms with Crippen LogP contribution in [-0.4, -0.2) is 29.6 Å². The van der Waals surface area contributed by atoms with E-state index in [4.69, 9.17) is 9.84 Å². The van der Waals surface area contributed by atoms with Crippen molar-refractivity contribution < 1.29 is 19.4 Å². The molecular formula is C14H19NO4S. The molecule has 1 aromatic rings. The number of rotatable bonds is 5. The Labute approximate surface area is 121 Å². The minimum absolute atomic E-state index is 0.0214. The van der Waals surface area contributed by atoms with E-state index in [1.54, 1.807) is 11.4 Å². The van der Waals surface area contributed by atoms with E-state index in [9.17, 15) is 9.59 Å². The van der Waals surface area contributed by atoms with Crippen molar-refractivity contribution in [1.82, 2.24) is 5.32 Å². The number of carboxylic acid groups (broad SMARTS) is 1. The van der Waals surface area contributed by atoms with E-state index in [1.807, 2.05) is 0 Å². The van der Waals surface area contributed by atoms with Crippen LogP contribution in [0.5, 0.6) is 5.75 Å². The van der Waals surface area contributed by atoms with Crippen LogP contribution in [0, 0.1) is 0 Å². The fourth-order valence-electron chi connectivity index (χ4n) is 2.79. The molecule has 0 bridgehead atoms. The van der Waals surface area contributed by atoms with E-state index in [0.717, 1.165) is 32.1 Å². The Kier molecular flexibility index (Phi) is 4.65.